The van der Waals surface area contributed by atoms with Gasteiger partial charge in [0.15, 0.2) is 5.13 Å². The Morgan fingerprint density at radius 1 is 1.38 bits per heavy atom. The highest BCUT2D eigenvalue weighted by Gasteiger charge is 2.30. The van der Waals surface area contributed by atoms with Crippen molar-refractivity contribution in [1.82, 2.24) is 14.8 Å². The molecule has 1 aromatic carbocycles. The average Bonchev–Trinajstić information content (AvgIpc) is 3.60. The van der Waals surface area contributed by atoms with Crippen LogP contribution in [0.25, 0.3) is 0 Å². The Balaban J connectivity index is 1.49. The predicted octanol–water partition coefficient (Wildman–Crippen LogP) is 4.65. The first-order valence-corrected chi connectivity index (χ1v) is 13.4. The normalized spacial score (nSPS) is 20.0. The number of amides is 2. The number of hydrogen-bond donors (Lipinski definition) is 2. The molecule has 4 rings (SSSR count). The number of halogens is 1. The maximum Gasteiger partial charge on any atom is 0.254 e. The number of aromatic nitrogens is 1. The Hall–Kier alpha value is -1.91. The maximum atomic E-state index is 13.5. The van der Waals surface area contributed by atoms with Crippen molar-refractivity contribution in [3.05, 3.63) is 47.1 Å². The minimum Gasteiger partial charge on any atom is -0.375 e. The van der Waals surface area contributed by atoms with Gasteiger partial charge < -0.3 is 15.3 Å². The van der Waals surface area contributed by atoms with Crippen molar-refractivity contribution in [2.45, 2.75) is 54.5 Å². The van der Waals surface area contributed by atoms with Crippen LogP contribution in [0.15, 0.2) is 40.1 Å². The van der Waals surface area contributed by atoms with E-state index in [0.29, 0.717) is 35.4 Å². The summed E-state index contributed by atoms with van der Waals surface area (Å²) in [5.74, 6) is 0.103. The molecule has 1 unspecified atom stereocenters. The molecule has 2 aliphatic rings. The lowest BCUT2D eigenvalue weighted by atomic mass is 10.1. The number of anilines is 1. The van der Waals surface area contributed by atoms with Crippen LogP contribution in [0.3, 0.4) is 0 Å². The smallest absolute Gasteiger partial charge is 0.254 e. The van der Waals surface area contributed by atoms with Crippen molar-refractivity contribution in [3.63, 3.8) is 0 Å². The highest BCUT2D eigenvalue weighted by Crippen LogP contribution is 2.39. The molecule has 2 fully saturated rings. The number of aryl methyl sites for hydroxylation is 1. The fourth-order valence-corrected chi connectivity index (χ4v) is 6.27. The van der Waals surface area contributed by atoms with E-state index in [1.165, 1.54) is 29.2 Å². The number of nitrogens with one attached hydrogen (secondary N) is 1. The van der Waals surface area contributed by atoms with Gasteiger partial charge in [-0.2, -0.15) is 0 Å². The van der Waals surface area contributed by atoms with Crippen LogP contribution in [-0.2, 0) is 4.79 Å². The first-order valence-electron chi connectivity index (χ1n) is 11.4. The van der Waals surface area contributed by atoms with Crippen molar-refractivity contribution in [1.29, 1.82) is 0 Å². The number of hydrogen-bond acceptors (Lipinski definition) is 7. The SMILES string of the molecule is C=CC(O)N1CCCN(C(=O)c2cc(Sc3cnc(NC(=O)C4CC4)s3)c(Cl)cc2C)C[C@H]1C. The van der Waals surface area contributed by atoms with Gasteiger partial charge in [0.05, 0.1) is 15.4 Å². The predicted molar refractivity (Wildman–Crippen MR) is 137 cm³/mol. The van der Waals surface area contributed by atoms with Gasteiger partial charge >= 0.3 is 0 Å². The van der Waals surface area contributed by atoms with Gasteiger partial charge in [-0.3, -0.25) is 14.5 Å². The van der Waals surface area contributed by atoms with Gasteiger partial charge in [-0.15, -0.1) is 0 Å². The summed E-state index contributed by atoms with van der Waals surface area (Å²) >= 11 is 9.35. The van der Waals surface area contributed by atoms with Crippen molar-refractivity contribution < 1.29 is 14.7 Å². The Bertz CT molecular complexity index is 1090. The summed E-state index contributed by atoms with van der Waals surface area (Å²) in [6, 6.07) is 3.67. The largest absolute Gasteiger partial charge is 0.375 e. The highest BCUT2D eigenvalue weighted by molar-refractivity contribution is 8.01. The van der Waals surface area contributed by atoms with Gasteiger partial charge in [-0.25, -0.2) is 4.98 Å². The molecule has 1 aromatic heterocycles. The topological polar surface area (TPSA) is 85.8 Å². The van der Waals surface area contributed by atoms with Crippen LogP contribution in [0.1, 0.15) is 42.1 Å². The molecule has 1 saturated carbocycles. The molecule has 1 aliphatic carbocycles. The van der Waals surface area contributed by atoms with Crippen LogP contribution >= 0.6 is 34.7 Å². The number of aliphatic hydroxyl groups excluding tert-OH is 1. The number of nitrogens with zero attached hydrogens (tertiary/aromatic N) is 3. The molecule has 2 N–H and O–H groups in total. The summed E-state index contributed by atoms with van der Waals surface area (Å²) in [4.78, 5) is 34.4. The third kappa shape index (κ3) is 5.83. The zero-order chi connectivity index (χ0) is 24.4. The number of rotatable bonds is 7. The van der Waals surface area contributed by atoms with E-state index in [9.17, 15) is 14.7 Å². The Morgan fingerprint density at radius 3 is 2.85 bits per heavy atom. The summed E-state index contributed by atoms with van der Waals surface area (Å²) in [5, 5.41) is 14.2. The Morgan fingerprint density at radius 2 is 2.15 bits per heavy atom. The standard InChI is InChI=1S/C24H29ClN4O3S2/c1-4-20(30)29-9-5-8-28(13-15(29)3)23(32)17-11-19(18(25)10-14(17)2)33-21-12-26-24(34-21)27-22(31)16-6-7-16/h4,10-12,15-16,20,30H,1,5-9,13H2,2-3H3,(H,26,27,31)/t15-,20?/m1/s1. The summed E-state index contributed by atoms with van der Waals surface area (Å²) < 4.78 is 0.882. The third-order valence-corrected chi connectivity index (χ3v) is 8.61. The van der Waals surface area contributed by atoms with E-state index in [-0.39, 0.29) is 23.8 Å². The number of carbonyl (C=O) groups excluding carboxylic acids is 2. The number of aliphatic hydroxyl groups is 1. The first-order chi connectivity index (χ1) is 16.3. The third-order valence-electron chi connectivity index (χ3n) is 6.12. The van der Waals surface area contributed by atoms with Crippen LogP contribution in [0.4, 0.5) is 5.13 Å². The maximum absolute atomic E-state index is 13.5. The van der Waals surface area contributed by atoms with Crippen molar-refractivity contribution in [2.75, 3.05) is 25.0 Å². The minimum absolute atomic E-state index is 0.00219. The highest BCUT2D eigenvalue weighted by atomic mass is 35.5. The molecule has 1 saturated heterocycles. The van der Waals surface area contributed by atoms with Gasteiger partial charge in [0.2, 0.25) is 5.91 Å². The summed E-state index contributed by atoms with van der Waals surface area (Å²) in [6.07, 6.45) is 5.16. The van der Waals surface area contributed by atoms with Crippen LogP contribution in [0.5, 0.6) is 0 Å². The molecule has 10 heteroatoms. The lowest BCUT2D eigenvalue weighted by Crippen LogP contribution is -2.45. The van der Waals surface area contributed by atoms with Crippen molar-refractivity contribution in [3.8, 4) is 0 Å². The molecule has 7 nitrogen and oxygen atoms in total. The van der Waals surface area contributed by atoms with Crippen LogP contribution in [0, 0.1) is 12.8 Å². The van der Waals surface area contributed by atoms with Crippen LogP contribution < -0.4 is 5.32 Å². The molecule has 0 bridgehead atoms. The molecule has 2 atom stereocenters. The molecule has 182 valence electrons. The Kier molecular flexibility index (Phi) is 7.99. The van der Waals surface area contributed by atoms with E-state index in [2.05, 4.69) is 16.9 Å². The zero-order valence-electron chi connectivity index (χ0n) is 19.3. The van der Waals surface area contributed by atoms with Crippen LogP contribution in [-0.4, -0.2) is 63.6 Å². The van der Waals surface area contributed by atoms with E-state index < -0.39 is 6.23 Å². The van der Waals surface area contributed by atoms with Gasteiger partial charge in [-0.05, 0) is 56.9 Å². The number of benzene rings is 1. The molecule has 2 amide bonds. The number of carbonyl (C=O) groups is 2. The zero-order valence-corrected chi connectivity index (χ0v) is 21.7. The van der Waals surface area contributed by atoms with E-state index >= 15 is 0 Å². The van der Waals surface area contributed by atoms with Crippen molar-refractivity contribution >= 4 is 51.6 Å². The van der Waals surface area contributed by atoms with E-state index in [4.69, 9.17) is 11.6 Å². The van der Waals surface area contributed by atoms with Gasteiger partial charge in [0.25, 0.3) is 5.91 Å². The van der Waals surface area contributed by atoms with Crippen LogP contribution in [0.2, 0.25) is 5.02 Å². The second-order valence-electron chi connectivity index (χ2n) is 8.79. The first kappa shape index (κ1) is 25.2. The molecule has 34 heavy (non-hydrogen) atoms. The van der Waals surface area contributed by atoms with Gasteiger partial charge in [-0.1, -0.05) is 41.3 Å². The summed E-state index contributed by atoms with van der Waals surface area (Å²) in [6.45, 7) is 9.42. The molecular weight excluding hydrogens is 492 g/mol. The number of thiazole rings is 1. The second kappa shape index (κ2) is 10.8. The molecule has 0 radical (unpaired) electrons. The molecule has 0 spiro atoms. The summed E-state index contributed by atoms with van der Waals surface area (Å²) in [7, 11) is 0. The van der Waals surface area contributed by atoms with Gasteiger partial charge in [0, 0.05) is 42.1 Å². The van der Waals surface area contributed by atoms with Gasteiger partial charge in [0.1, 0.15) is 6.23 Å². The van der Waals surface area contributed by atoms with E-state index in [1.54, 1.807) is 6.20 Å². The summed E-state index contributed by atoms with van der Waals surface area (Å²) in [5.41, 5.74) is 1.43. The average molecular weight is 521 g/mol. The molecular formula is C24H29ClN4O3S2. The Labute approximate surface area is 213 Å². The minimum atomic E-state index is -0.719. The fraction of sp³-hybridized carbons (Fsp3) is 0.458. The fourth-order valence-electron chi connectivity index (χ4n) is 4.05. The molecule has 2 heterocycles. The molecule has 1 aliphatic heterocycles. The second-order valence-corrected chi connectivity index (χ2v) is 11.6. The monoisotopic (exact) mass is 520 g/mol. The lowest BCUT2D eigenvalue weighted by Gasteiger charge is -2.31. The van der Waals surface area contributed by atoms with E-state index in [0.717, 1.165) is 33.9 Å². The van der Waals surface area contributed by atoms with Crippen molar-refractivity contribution in [2.24, 2.45) is 5.92 Å². The van der Waals surface area contributed by atoms with E-state index in [1.807, 2.05) is 35.8 Å². The quantitative estimate of drug-likeness (QED) is 0.517. The lowest BCUT2D eigenvalue weighted by molar-refractivity contribution is -0.117. The molecule has 2 aromatic rings.